The van der Waals surface area contributed by atoms with E-state index in [0.29, 0.717) is 37.8 Å². The van der Waals surface area contributed by atoms with E-state index in [0.717, 1.165) is 73.0 Å². The summed E-state index contributed by atoms with van der Waals surface area (Å²) in [6.07, 6.45) is 9.55. The van der Waals surface area contributed by atoms with Gasteiger partial charge in [-0.25, -0.2) is 19.4 Å². The molecule has 1 saturated heterocycles. The van der Waals surface area contributed by atoms with Gasteiger partial charge in [0.25, 0.3) is 0 Å². The van der Waals surface area contributed by atoms with Crippen LogP contribution in [-0.4, -0.2) is 80.4 Å². The highest BCUT2D eigenvalue weighted by Gasteiger charge is 2.27. The minimum Gasteiger partial charge on any atom is -0.448 e. The Kier molecular flexibility index (Phi) is 9.99. The topological polar surface area (TPSA) is 105 Å². The molecule has 3 heterocycles. The molecule has 0 atom stereocenters. The van der Waals surface area contributed by atoms with Crippen molar-refractivity contribution in [2.45, 2.75) is 70.9 Å². The Bertz CT molecular complexity index is 1600. The first-order valence-corrected chi connectivity index (χ1v) is 16.3. The lowest BCUT2D eigenvalue weighted by atomic mass is 10.0. The van der Waals surface area contributed by atoms with Crippen molar-refractivity contribution in [3.8, 4) is 11.4 Å². The number of rotatable bonds is 11. The maximum absolute atomic E-state index is 13.8. The van der Waals surface area contributed by atoms with Gasteiger partial charge in [-0.1, -0.05) is 61.7 Å². The highest BCUT2D eigenvalue weighted by Crippen LogP contribution is 2.26. The van der Waals surface area contributed by atoms with Crippen LogP contribution in [0.5, 0.6) is 0 Å². The highest BCUT2D eigenvalue weighted by molar-refractivity contribution is 5.90. The van der Waals surface area contributed by atoms with Gasteiger partial charge in [0.2, 0.25) is 5.91 Å². The van der Waals surface area contributed by atoms with Crippen LogP contribution in [-0.2, 0) is 22.5 Å². The molecule has 0 radical (unpaired) electrons. The van der Waals surface area contributed by atoms with Crippen molar-refractivity contribution in [1.82, 2.24) is 29.5 Å². The smallest absolute Gasteiger partial charge is 0.412 e. The summed E-state index contributed by atoms with van der Waals surface area (Å²) in [6.45, 7) is 6.27. The van der Waals surface area contributed by atoms with Crippen LogP contribution in [0.1, 0.15) is 56.3 Å². The Balaban J connectivity index is 1.08. The number of nitrogens with one attached hydrogen (secondary N) is 1. The second kappa shape index (κ2) is 14.6. The third kappa shape index (κ3) is 7.86. The fourth-order valence-electron chi connectivity index (χ4n) is 6.62. The molecule has 2 amide bonds. The minimum atomic E-state index is -0.522. The molecular formula is C35H43N7O3. The number of hydrogen-bond donors (Lipinski definition) is 1. The lowest BCUT2D eigenvalue weighted by Gasteiger charge is -2.29. The number of benzene rings is 2. The number of hydrogen-bond acceptors (Lipinski definition) is 7. The van der Waals surface area contributed by atoms with Crippen molar-refractivity contribution in [2.24, 2.45) is 0 Å². The van der Waals surface area contributed by atoms with Crippen molar-refractivity contribution >= 4 is 28.6 Å². The van der Waals surface area contributed by atoms with Gasteiger partial charge in [0.15, 0.2) is 5.82 Å². The molecule has 0 spiro atoms. The van der Waals surface area contributed by atoms with Gasteiger partial charge in [-0.15, -0.1) is 0 Å². The fraction of sp³-hybridized carbons (Fsp3) is 0.457. The fourth-order valence-corrected chi connectivity index (χ4v) is 6.62. The maximum Gasteiger partial charge on any atom is 0.412 e. The number of anilines is 1. The monoisotopic (exact) mass is 609 g/mol. The third-order valence-electron chi connectivity index (χ3n) is 9.05. The lowest BCUT2D eigenvalue weighted by molar-refractivity contribution is -0.132. The predicted molar refractivity (Wildman–Crippen MR) is 175 cm³/mol. The summed E-state index contributed by atoms with van der Waals surface area (Å²) in [5, 5.41) is 9.79. The zero-order valence-electron chi connectivity index (χ0n) is 26.2. The number of piperidine rings is 1. The first-order chi connectivity index (χ1) is 22.0. The molecule has 1 saturated carbocycles. The van der Waals surface area contributed by atoms with Crippen LogP contribution in [0.25, 0.3) is 22.2 Å². The average molecular weight is 610 g/mol. The minimum absolute atomic E-state index is 0.156. The molecule has 1 aliphatic carbocycles. The van der Waals surface area contributed by atoms with Gasteiger partial charge in [0.05, 0.1) is 13.0 Å². The molecule has 1 N–H and O–H groups in total. The maximum atomic E-state index is 13.8. The molecule has 4 aromatic rings. The Morgan fingerprint density at radius 2 is 1.78 bits per heavy atom. The molecular weight excluding hydrogens is 566 g/mol. The van der Waals surface area contributed by atoms with E-state index in [1.165, 1.54) is 19.3 Å². The largest absolute Gasteiger partial charge is 0.448 e. The number of likely N-dealkylation sites (tertiary alicyclic amines) is 1. The predicted octanol–water partition coefficient (Wildman–Crippen LogP) is 5.85. The van der Waals surface area contributed by atoms with Crippen LogP contribution in [0.3, 0.4) is 0 Å². The summed E-state index contributed by atoms with van der Waals surface area (Å²) in [5.74, 6) is 1.85. The quantitative estimate of drug-likeness (QED) is 0.227. The molecule has 0 unspecified atom stereocenters. The summed E-state index contributed by atoms with van der Waals surface area (Å²) in [6, 6.07) is 18.3. The van der Waals surface area contributed by atoms with E-state index in [4.69, 9.17) is 14.8 Å². The van der Waals surface area contributed by atoms with Gasteiger partial charge >= 0.3 is 6.09 Å². The molecule has 0 bridgehead atoms. The summed E-state index contributed by atoms with van der Waals surface area (Å²) in [7, 11) is 0. The van der Waals surface area contributed by atoms with Crippen molar-refractivity contribution in [3.05, 3.63) is 72.2 Å². The number of pyridine rings is 1. The van der Waals surface area contributed by atoms with E-state index in [-0.39, 0.29) is 11.9 Å². The second-order valence-electron chi connectivity index (χ2n) is 12.1. The van der Waals surface area contributed by atoms with Crippen molar-refractivity contribution in [3.63, 3.8) is 0 Å². The van der Waals surface area contributed by atoms with E-state index in [1.54, 1.807) is 12.3 Å². The number of amides is 2. The number of aryl methyl sites for hydroxylation is 1. The van der Waals surface area contributed by atoms with E-state index in [2.05, 4.69) is 44.4 Å². The summed E-state index contributed by atoms with van der Waals surface area (Å²) in [4.78, 5) is 39.5. The molecule has 1 aliphatic heterocycles. The number of carbonyl (C=O) groups is 2. The average Bonchev–Trinajstić information content (AvgIpc) is 3.72. The van der Waals surface area contributed by atoms with E-state index in [9.17, 15) is 9.59 Å². The first-order valence-electron chi connectivity index (χ1n) is 16.3. The zero-order valence-corrected chi connectivity index (χ0v) is 26.2. The van der Waals surface area contributed by atoms with Gasteiger partial charge in [0, 0.05) is 30.9 Å². The summed E-state index contributed by atoms with van der Waals surface area (Å²) >= 11 is 0. The number of aromatic nitrogens is 4. The summed E-state index contributed by atoms with van der Waals surface area (Å²) in [5.41, 5.74) is 1.81. The first kappa shape index (κ1) is 30.7. The standard InChI is InChI=1S/C35H43N7O3/c1-26-37-34(29-16-17-36-32(24-29)38-35(44)45-23-22-40-18-7-2-8-19-40)39-42(26)21-20-41(30-13-4-5-14-30)33(43)25-28-12-9-11-27-10-3-6-15-31(27)28/h3,6,9-12,15-17,24,30H,2,4-5,7-8,13-14,18-23,25H2,1H3,(H,36,38,44). The van der Waals surface area contributed by atoms with E-state index < -0.39 is 6.09 Å². The second-order valence-corrected chi connectivity index (χ2v) is 12.1. The third-order valence-corrected chi connectivity index (χ3v) is 9.05. The molecule has 6 rings (SSSR count). The molecule has 236 valence electrons. The van der Waals surface area contributed by atoms with Crippen LogP contribution in [0, 0.1) is 6.92 Å². The van der Waals surface area contributed by atoms with Gasteiger partial charge in [-0.05, 0) is 74.2 Å². The Morgan fingerprint density at radius 3 is 2.62 bits per heavy atom. The van der Waals surface area contributed by atoms with Crippen LogP contribution in [0.2, 0.25) is 0 Å². The lowest BCUT2D eigenvalue weighted by Crippen LogP contribution is -2.42. The van der Waals surface area contributed by atoms with Gasteiger partial charge in [-0.3, -0.25) is 15.0 Å². The molecule has 2 aromatic heterocycles. The SMILES string of the molecule is Cc1nc(-c2ccnc(NC(=O)OCCN3CCCCC3)c2)nn1CCN(C(=O)Cc1cccc2ccccc12)C1CCCC1. The Labute approximate surface area is 264 Å². The van der Waals surface area contributed by atoms with Gasteiger partial charge in [-0.2, -0.15) is 5.10 Å². The van der Waals surface area contributed by atoms with Crippen molar-refractivity contribution in [2.75, 3.05) is 38.1 Å². The Morgan fingerprint density at radius 1 is 0.978 bits per heavy atom. The molecule has 2 aromatic carbocycles. The normalized spacial score (nSPS) is 15.8. The van der Waals surface area contributed by atoms with Crippen LogP contribution < -0.4 is 5.32 Å². The summed E-state index contributed by atoms with van der Waals surface area (Å²) < 4.78 is 7.26. The molecule has 10 nitrogen and oxygen atoms in total. The van der Waals surface area contributed by atoms with Crippen molar-refractivity contribution in [1.29, 1.82) is 0 Å². The number of nitrogens with zero attached hydrogens (tertiary/aromatic N) is 6. The van der Waals surface area contributed by atoms with Crippen LogP contribution in [0.15, 0.2) is 60.8 Å². The molecule has 45 heavy (non-hydrogen) atoms. The zero-order chi connectivity index (χ0) is 31.0. The van der Waals surface area contributed by atoms with E-state index >= 15 is 0 Å². The molecule has 2 aliphatic rings. The van der Waals surface area contributed by atoms with Gasteiger partial charge < -0.3 is 9.64 Å². The van der Waals surface area contributed by atoms with Crippen molar-refractivity contribution < 1.29 is 14.3 Å². The number of fused-ring (bicyclic) bond motifs is 1. The molecule has 10 heteroatoms. The number of carbonyl (C=O) groups excluding carboxylic acids is 2. The highest BCUT2D eigenvalue weighted by atomic mass is 16.5. The van der Waals surface area contributed by atoms with Gasteiger partial charge in [0.1, 0.15) is 18.2 Å². The van der Waals surface area contributed by atoms with E-state index in [1.807, 2.05) is 35.9 Å². The number of ether oxygens (including phenoxy) is 1. The molecule has 2 fully saturated rings. The van der Waals surface area contributed by atoms with Crippen LogP contribution in [0.4, 0.5) is 10.6 Å². The van der Waals surface area contributed by atoms with Crippen LogP contribution >= 0.6 is 0 Å². The Hall–Kier alpha value is -4.31.